The van der Waals surface area contributed by atoms with Crippen LogP contribution in [-0.4, -0.2) is 30.2 Å². The average Bonchev–Trinajstić information content (AvgIpc) is 2.65. The molecule has 0 aromatic heterocycles. The minimum Gasteiger partial charge on any atom is -0.444 e. The fourth-order valence-corrected chi connectivity index (χ4v) is 2.91. The van der Waals surface area contributed by atoms with Crippen molar-refractivity contribution in [2.24, 2.45) is 0 Å². The zero-order valence-corrected chi connectivity index (χ0v) is 18.0. The maximum absolute atomic E-state index is 12.7. The number of benzene rings is 2. The van der Waals surface area contributed by atoms with Gasteiger partial charge in [-0.05, 0) is 56.9 Å². The van der Waals surface area contributed by atoms with Crippen LogP contribution in [0.25, 0.3) is 0 Å². The minimum atomic E-state index is -0.734. The molecule has 0 radical (unpaired) electrons. The second-order valence-corrected chi connectivity index (χ2v) is 8.35. The van der Waals surface area contributed by atoms with Crippen molar-refractivity contribution in [3.8, 4) is 0 Å². The van der Waals surface area contributed by atoms with Gasteiger partial charge in [-0.1, -0.05) is 54.1 Å². The van der Waals surface area contributed by atoms with E-state index < -0.39 is 17.7 Å². The molecule has 2 N–H and O–H groups in total. The van der Waals surface area contributed by atoms with Crippen molar-refractivity contribution >= 4 is 23.6 Å². The van der Waals surface area contributed by atoms with E-state index >= 15 is 0 Å². The fraction of sp³-hybridized carbons (Fsp3) is 0.391. The van der Waals surface area contributed by atoms with Crippen LogP contribution in [0.4, 0.5) is 4.79 Å². The number of hydrogen-bond donors (Lipinski definition) is 2. The molecule has 29 heavy (non-hydrogen) atoms. The quantitative estimate of drug-likeness (QED) is 0.621. The Hall–Kier alpha value is -2.53. The normalized spacial score (nSPS) is 12.1. The molecule has 0 unspecified atom stereocenters. The molecule has 156 valence electrons. The maximum atomic E-state index is 12.7. The van der Waals surface area contributed by atoms with Crippen molar-refractivity contribution in [2.75, 3.05) is 6.54 Å². The lowest BCUT2D eigenvalue weighted by atomic mass is 10.1. The van der Waals surface area contributed by atoms with Crippen LogP contribution in [0, 0.1) is 0 Å². The third-order valence-electron chi connectivity index (χ3n) is 4.14. The second kappa shape index (κ2) is 10.9. The Bertz CT molecular complexity index is 786. The van der Waals surface area contributed by atoms with Gasteiger partial charge in [-0.25, -0.2) is 4.79 Å². The number of ether oxygens (including phenoxy) is 1. The lowest BCUT2D eigenvalue weighted by Gasteiger charge is -2.23. The summed E-state index contributed by atoms with van der Waals surface area (Å²) in [5, 5.41) is 6.23. The number of rotatable bonds is 8. The first kappa shape index (κ1) is 22.8. The van der Waals surface area contributed by atoms with E-state index in [1.54, 1.807) is 32.9 Å². The molecule has 0 aliphatic carbocycles. The van der Waals surface area contributed by atoms with Crippen molar-refractivity contribution in [3.63, 3.8) is 0 Å². The number of aryl methyl sites for hydroxylation is 1. The van der Waals surface area contributed by atoms with Crippen LogP contribution >= 0.6 is 11.6 Å². The molecular weight excluding hydrogens is 388 g/mol. The van der Waals surface area contributed by atoms with Crippen LogP contribution in [0.1, 0.15) is 38.3 Å². The van der Waals surface area contributed by atoms with Crippen molar-refractivity contribution in [1.29, 1.82) is 0 Å². The van der Waals surface area contributed by atoms with E-state index in [9.17, 15) is 9.59 Å². The Balaban J connectivity index is 1.93. The summed E-state index contributed by atoms with van der Waals surface area (Å²) in [7, 11) is 0. The first-order valence-electron chi connectivity index (χ1n) is 9.78. The summed E-state index contributed by atoms with van der Waals surface area (Å²) >= 11 is 5.93. The third kappa shape index (κ3) is 9.01. The molecule has 0 saturated carbocycles. The Morgan fingerprint density at radius 2 is 1.66 bits per heavy atom. The monoisotopic (exact) mass is 416 g/mol. The summed E-state index contributed by atoms with van der Waals surface area (Å²) in [6, 6.07) is 16.6. The number of carbonyl (C=O) groups is 2. The van der Waals surface area contributed by atoms with Gasteiger partial charge in [0.25, 0.3) is 0 Å². The van der Waals surface area contributed by atoms with E-state index in [-0.39, 0.29) is 5.91 Å². The second-order valence-electron chi connectivity index (χ2n) is 7.91. The predicted molar refractivity (Wildman–Crippen MR) is 116 cm³/mol. The lowest BCUT2D eigenvalue weighted by molar-refractivity contribution is -0.123. The van der Waals surface area contributed by atoms with Gasteiger partial charge in [0, 0.05) is 18.0 Å². The number of alkyl carbamates (subject to hydrolysis) is 1. The van der Waals surface area contributed by atoms with Crippen molar-refractivity contribution in [1.82, 2.24) is 10.6 Å². The van der Waals surface area contributed by atoms with E-state index in [1.807, 2.05) is 30.3 Å². The molecule has 0 spiro atoms. The van der Waals surface area contributed by atoms with Gasteiger partial charge >= 0.3 is 6.09 Å². The molecule has 2 amide bonds. The molecule has 2 aromatic rings. The minimum absolute atomic E-state index is 0.237. The lowest BCUT2D eigenvalue weighted by Crippen LogP contribution is -2.49. The van der Waals surface area contributed by atoms with E-state index in [0.29, 0.717) is 18.0 Å². The van der Waals surface area contributed by atoms with Crippen LogP contribution in [0.3, 0.4) is 0 Å². The van der Waals surface area contributed by atoms with E-state index in [2.05, 4.69) is 22.8 Å². The van der Waals surface area contributed by atoms with Gasteiger partial charge in [-0.3, -0.25) is 4.79 Å². The molecule has 5 nitrogen and oxygen atoms in total. The predicted octanol–water partition coefficient (Wildman–Crippen LogP) is 4.52. The Kier molecular flexibility index (Phi) is 8.52. The van der Waals surface area contributed by atoms with Crippen molar-refractivity contribution in [2.45, 2.75) is 51.7 Å². The molecule has 0 aliphatic rings. The number of carbonyl (C=O) groups excluding carboxylic acids is 2. The zero-order valence-electron chi connectivity index (χ0n) is 17.2. The summed E-state index contributed by atoms with van der Waals surface area (Å²) in [4.78, 5) is 24.9. The molecule has 0 fully saturated rings. The van der Waals surface area contributed by atoms with Crippen LogP contribution in [0.2, 0.25) is 5.02 Å². The van der Waals surface area contributed by atoms with Crippen molar-refractivity contribution < 1.29 is 14.3 Å². The largest absolute Gasteiger partial charge is 0.444 e. The Labute approximate surface area is 177 Å². The van der Waals surface area contributed by atoms with Gasteiger partial charge in [0.1, 0.15) is 11.6 Å². The van der Waals surface area contributed by atoms with E-state index in [1.165, 1.54) is 5.56 Å². The first-order chi connectivity index (χ1) is 13.7. The number of halogens is 1. The highest BCUT2D eigenvalue weighted by Gasteiger charge is 2.24. The van der Waals surface area contributed by atoms with Gasteiger partial charge in [0.05, 0.1) is 0 Å². The van der Waals surface area contributed by atoms with Gasteiger partial charge < -0.3 is 15.4 Å². The van der Waals surface area contributed by atoms with Crippen LogP contribution in [-0.2, 0) is 22.4 Å². The van der Waals surface area contributed by atoms with E-state index in [0.717, 1.165) is 18.4 Å². The molecule has 2 rings (SSSR count). The molecule has 0 aliphatic heterocycles. The zero-order chi connectivity index (χ0) is 21.3. The van der Waals surface area contributed by atoms with Crippen LogP contribution in [0.15, 0.2) is 54.6 Å². The molecule has 0 heterocycles. The highest BCUT2D eigenvalue weighted by molar-refractivity contribution is 6.30. The van der Waals surface area contributed by atoms with E-state index in [4.69, 9.17) is 16.3 Å². The Morgan fingerprint density at radius 1 is 1.00 bits per heavy atom. The number of amides is 2. The third-order valence-corrected chi connectivity index (χ3v) is 4.40. The SMILES string of the molecule is CC(C)(C)OC(=O)N[C@@H](Cc1ccc(Cl)cc1)C(=O)NCCCc1ccccc1. The number of hydrogen-bond acceptors (Lipinski definition) is 3. The smallest absolute Gasteiger partial charge is 0.408 e. The van der Waals surface area contributed by atoms with Gasteiger partial charge in [0.15, 0.2) is 0 Å². The summed E-state index contributed by atoms with van der Waals surface area (Å²) in [6.45, 7) is 5.88. The number of nitrogens with one attached hydrogen (secondary N) is 2. The molecule has 1 atom stereocenters. The fourth-order valence-electron chi connectivity index (χ4n) is 2.79. The average molecular weight is 417 g/mol. The first-order valence-corrected chi connectivity index (χ1v) is 10.2. The van der Waals surface area contributed by atoms with Gasteiger partial charge in [-0.15, -0.1) is 0 Å². The molecular formula is C23H29ClN2O3. The summed E-state index contributed by atoms with van der Waals surface area (Å²) < 4.78 is 5.31. The molecule has 6 heteroatoms. The molecule has 0 bridgehead atoms. The van der Waals surface area contributed by atoms with Gasteiger partial charge in [-0.2, -0.15) is 0 Å². The highest BCUT2D eigenvalue weighted by Crippen LogP contribution is 2.12. The highest BCUT2D eigenvalue weighted by atomic mass is 35.5. The van der Waals surface area contributed by atoms with Crippen LogP contribution < -0.4 is 10.6 Å². The standard InChI is InChI=1S/C23H29ClN2O3/c1-23(2,3)29-22(28)26-20(16-18-11-13-19(24)14-12-18)21(27)25-15-7-10-17-8-5-4-6-9-17/h4-6,8-9,11-14,20H,7,10,15-16H2,1-3H3,(H,25,27)(H,26,28)/t20-/m0/s1. The summed E-state index contributed by atoms with van der Waals surface area (Å²) in [5.41, 5.74) is 1.49. The molecule has 0 saturated heterocycles. The van der Waals surface area contributed by atoms with Crippen LogP contribution in [0.5, 0.6) is 0 Å². The maximum Gasteiger partial charge on any atom is 0.408 e. The topological polar surface area (TPSA) is 67.4 Å². The van der Waals surface area contributed by atoms with Gasteiger partial charge in [0.2, 0.25) is 5.91 Å². The molecule has 2 aromatic carbocycles. The Morgan fingerprint density at radius 3 is 2.28 bits per heavy atom. The summed E-state index contributed by atoms with van der Waals surface area (Å²) in [6.07, 6.45) is 1.43. The summed E-state index contributed by atoms with van der Waals surface area (Å²) in [5.74, 6) is -0.237. The van der Waals surface area contributed by atoms with Crippen molar-refractivity contribution in [3.05, 3.63) is 70.7 Å².